The van der Waals surface area contributed by atoms with Crippen molar-refractivity contribution < 1.29 is 18.0 Å². The first-order valence-corrected chi connectivity index (χ1v) is 15.2. The third-order valence-electron chi connectivity index (χ3n) is 6.31. The predicted octanol–water partition coefficient (Wildman–Crippen LogP) is 6.00. The standard InChI is InChI=1S/C30H35Cl2N3O4S/c1-20(2)17-33-30(37)23(5)34(18-24-11-12-25(31)16-28(24)32)29(36)19-35(26-14-21(3)13-22(4)15-26)40(38,39)27-9-7-6-8-10-27/h6-16,20,23H,17-19H2,1-5H3,(H,33,37)/t23-/m0/s1. The molecule has 0 unspecified atom stereocenters. The van der Waals surface area contributed by atoms with E-state index in [2.05, 4.69) is 5.32 Å². The normalized spacial score (nSPS) is 12.2. The van der Waals surface area contributed by atoms with Gasteiger partial charge in [-0.05, 0) is 79.8 Å². The lowest BCUT2D eigenvalue weighted by Gasteiger charge is -2.32. The zero-order valence-electron chi connectivity index (χ0n) is 23.3. The number of hydrogen-bond donors (Lipinski definition) is 1. The van der Waals surface area contributed by atoms with Gasteiger partial charge in [-0.25, -0.2) is 8.42 Å². The number of halogens is 2. The van der Waals surface area contributed by atoms with E-state index in [0.29, 0.717) is 27.8 Å². The molecule has 0 saturated carbocycles. The molecule has 10 heteroatoms. The van der Waals surface area contributed by atoms with Crippen LogP contribution in [0.3, 0.4) is 0 Å². The van der Waals surface area contributed by atoms with Crippen molar-refractivity contribution in [3.05, 3.63) is 93.5 Å². The highest BCUT2D eigenvalue weighted by Gasteiger charge is 2.33. The van der Waals surface area contributed by atoms with Crippen molar-refractivity contribution in [2.75, 3.05) is 17.4 Å². The first-order chi connectivity index (χ1) is 18.8. The van der Waals surface area contributed by atoms with Gasteiger partial charge in [-0.3, -0.25) is 13.9 Å². The fourth-order valence-electron chi connectivity index (χ4n) is 4.21. The fourth-order valence-corrected chi connectivity index (χ4v) is 6.10. The lowest BCUT2D eigenvalue weighted by atomic mass is 10.1. The van der Waals surface area contributed by atoms with E-state index >= 15 is 0 Å². The molecule has 3 aromatic carbocycles. The van der Waals surface area contributed by atoms with Gasteiger partial charge >= 0.3 is 0 Å². The summed E-state index contributed by atoms with van der Waals surface area (Å²) in [6.07, 6.45) is 0. The number of hydrogen-bond acceptors (Lipinski definition) is 4. The molecule has 0 aliphatic heterocycles. The minimum atomic E-state index is -4.13. The molecule has 2 amide bonds. The Morgan fingerprint density at radius 1 is 0.900 bits per heavy atom. The molecular weight excluding hydrogens is 569 g/mol. The molecule has 0 radical (unpaired) electrons. The van der Waals surface area contributed by atoms with Gasteiger partial charge in [0, 0.05) is 23.1 Å². The molecule has 3 aromatic rings. The number of rotatable bonds is 11. The molecule has 0 aliphatic rings. The lowest BCUT2D eigenvalue weighted by Crippen LogP contribution is -2.51. The molecule has 0 heterocycles. The highest BCUT2D eigenvalue weighted by molar-refractivity contribution is 7.92. The van der Waals surface area contributed by atoms with E-state index in [4.69, 9.17) is 23.2 Å². The van der Waals surface area contributed by atoms with Crippen molar-refractivity contribution >= 4 is 50.7 Å². The molecule has 0 spiro atoms. The quantitative estimate of drug-likeness (QED) is 0.291. The summed E-state index contributed by atoms with van der Waals surface area (Å²) in [5.74, 6) is -0.699. The zero-order valence-corrected chi connectivity index (χ0v) is 25.6. The number of benzene rings is 3. The van der Waals surface area contributed by atoms with Crippen LogP contribution >= 0.6 is 23.2 Å². The Labute approximate surface area is 247 Å². The van der Waals surface area contributed by atoms with Crippen LogP contribution < -0.4 is 9.62 Å². The molecular formula is C30H35Cl2N3O4S. The van der Waals surface area contributed by atoms with E-state index in [1.54, 1.807) is 55.5 Å². The van der Waals surface area contributed by atoms with Gasteiger partial charge in [0.2, 0.25) is 11.8 Å². The van der Waals surface area contributed by atoms with Gasteiger partial charge in [-0.2, -0.15) is 0 Å². The molecule has 0 aliphatic carbocycles. The van der Waals surface area contributed by atoms with Crippen LogP contribution in [0.2, 0.25) is 10.0 Å². The van der Waals surface area contributed by atoms with E-state index in [9.17, 15) is 18.0 Å². The van der Waals surface area contributed by atoms with Crippen molar-refractivity contribution in [3.63, 3.8) is 0 Å². The molecule has 40 heavy (non-hydrogen) atoms. The number of carbonyl (C=O) groups is 2. The number of aryl methyl sites for hydroxylation is 2. The average molecular weight is 605 g/mol. The monoisotopic (exact) mass is 603 g/mol. The summed E-state index contributed by atoms with van der Waals surface area (Å²) in [5.41, 5.74) is 2.63. The third kappa shape index (κ3) is 7.99. The molecule has 7 nitrogen and oxygen atoms in total. The van der Waals surface area contributed by atoms with Gasteiger partial charge in [-0.15, -0.1) is 0 Å². The van der Waals surface area contributed by atoms with Crippen LogP contribution in [0.5, 0.6) is 0 Å². The largest absolute Gasteiger partial charge is 0.354 e. The fraction of sp³-hybridized carbons (Fsp3) is 0.333. The van der Waals surface area contributed by atoms with Crippen LogP contribution in [0.4, 0.5) is 5.69 Å². The summed E-state index contributed by atoms with van der Waals surface area (Å²) >= 11 is 12.5. The minimum absolute atomic E-state index is 0.0167. The lowest BCUT2D eigenvalue weighted by molar-refractivity contribution is -0.139. The molecule has 3 rings (SSSR count). The molecule has 214 valence electrons. The molecule has 0 aromatic heterocycles. The Morgan fingerprint density at radius 3 is 2.10 bits per heavy atom. The van der Waals surface area contributed by atoms with E-state index < -0.39 is 28.5 Å². The summed E-state index contributed by atoms with van der Waals surface area (Å²) in [7, 11) is -4.13. The van der Waals surface area contributed by atoms with Crippen LogP contribution in [0, 0.1) is 19.8 Å². The van der Waals surface area contributed by atoms with Gasteiger partial charge in [0.25, 0.3) is 10.0 Å². The van der Waals surface area contributed by atoms with E-state index in [1.807, 2.05) is 33.8 Å². The van der Waals surface area contributed by atoms with Crippen LogP contribution in [-0.4, -0.2) is 44.3 Å². The number of amides is 2. The zero-order chi connectivity index (χ0) is 29.6. The van der Waals surface area contributed by atoms with Crippen LogP contribution in [0.1, 0.15) is 37.5 Å². The molecule has 1 N–H and O–H groups in total. The molecule has 0 bridgehead atoms. The maximum Gasteiger partial charge on any atom is 0.264 e. The maximum absolute atomic E-state index is 14.0. The summed E-state index contributed by atoms with van der Waals surface area (Å²) in [6, 6.07) is 17.3. The average Bonchev–Trinajstić information content (AvgIpc) is 2.89. The van der Waals surface area contributed by atoms with Gasteiger partial charge in [0.05, 0.1) is 10.6 Å². The molecule has 0 saturated heterocycles. The second-order valence-electron chi connectivity index (χ2n) is 10.2. The van der Waals surface area contributed by atoms with E-state index in [0.717, 1.165) is 15.4 Å². The molecule has 1 atom stereocenters. The van der Waals surface area contributed by atoms with Gasteiger partial charge in [0.15, 0.2) is 0 Å². The van der Waals surface area contributed by atoms with Crippen LogP contribution in [0.25, 0.3) is 0 Å². The van der Waals surface area contributed by atoms with Crippen molar-refractivity contribution in [3.8, 4) is 0 Å². The Hall–Kier alpha value is -3.07. The van der Waals surface area contributed by atoms with Crippen molar-refractivity contribution in [2.45, 2.75) is 52.1 Å². The predicted molar refractivity (Wildman–Crippen MR) is 161 cm³/mol. The topological polar surface area (TPSA) is 86.8 Å². The van der Waals surface area contributed by atoms with Gasteiger partial charge in [0.1, 0.15) is 12.6 Å². The van der Waals surface area contributed by atoms with Crippen molar-refractivity contribution in [1.29, 1.82) is 0 Å². The summed E-state index contributed by atoms with van der Waals surface area (Å²) in [4.78, 5) is 28.5. The number of anilines is 1. The van der Waals surface area contributed by atoms with Crippen molar-refractivity contribution in [1.82, 2.24) is 10.2 Å². The Morgan fingerprint density at radius 2 is 1.52 bits per heavy atom. The first-order valence-electron chi connectivity index (χ1n) is 13.0. The Balaban J connectivity index is 2.06. The second kappa shape index (κ2) is 13.5. The summed E-state index contributed by atoms with van der Waals surface area (Å²) in [5, 5.41) is 3.63. The second-order valence-corrected chi connectivity index (χ2v) is 12.9. The maximum atomic E-state index is 14.0. The Kier molecular flexibility index (Phi) is 10.6. The highest BCUT2D eigenvalue weighted by atomic mass is 35.5. The smallest absolute Gasteiger partial charge is 0.264 e. The number of nitrogens with zero attached hydrogens (tertiary/aromatic N) is 2. The van der Waals surface area contributed by atoms with E-state index in [-0.39, 0.29) is 23.3 Å². The Bertz CT molecular complexity index is 1440. The van der Waals surface area contributed by atoms with Crippen LogP contribution in [0.15, 0.2) is 71.6 Å². The summed E-state index contributed by atoms with van der Waals surface area (Å²) < 4.78 is 28.9. The number of nitrogens with one attached hydrogen (secondary N) is 1. The number of sulfonamides is 1. The van der Waals surface area contributed by atoms with Crippen LogP contribution in [-0.2, 0) is 26.2 Å². The SMILES string of the molecule is Cc1cc(C)cc(N(CC(=O)N(Cc2ccc(Cl)cc2Cl)[C@@H](C)C(=O)NCC(C)C)S(=O)(=O)c2ccccc2)c1. The van der Waals surface area contributed by atoms with E-state index in [1.165, 1.54) is 17.0 Å². The van der Waals surface area contributed by atoms with Gasteiger partial charge < -0.3 is 10.2 Å². The highest BCUT2D eigenvalue weighted by Crippen LogP contribution is 2.28. The third-order valence-corrected chi connectivity index (χ3v) is 8.69. The summed E-state index contributed by atoms with van der Waals surface area (Å²) in [6.45, 7) is 9.18. The molecule has 0 fully saturated rings. The van der Waals surface area contributed by atoms with Gasteiger partial charge in [-0.1, -0.05) is 67.4 Å². The van der Waals surface area contributed by atoms with Crippen molar-refractivity contribution in [2.24, 2.45) is 5.92 Å². The number of carbonyl (C=O) groups excluding carboxylic acids is 2. The minimum Gasteiger partial charge on any atom is -0.354 e. The first kappa shape index (κ1) is 31.5.